The molecule has 10 heteroatoms. The summed E-state index contributed by atoms with van der Waals surface area (Å²) in [6.45, 7) is 1.95. The lowest BCUT2D eigenvalue weighted by molar-refractivity contribution is -0.113. The van der Waals surface area contributed by atoms with Crippen LogP contribution in [0.25, 0.3) is 17.1 Å². The molecule has 1 N–H and O–H groups in total. The van der Waals surface area contributed by atoms with Gasteiger partial charge in [0.2, 0.25) is 5.91 Å². The number of hydrogen-bond acceptors (Lipinski definition) is 7. The number of halogens is 1. The Morgan fingerprint density at radius 1 is 1.21 bits per heavy atom. The van der Waals surface area contributed by atoms with Crippen LogP contribution in [-0.4, -0.2) is 36.4 Å². The van der Waals surface area contributed by atoms with E-state index >= 15 is 0 Å². The van der Waals surface area contributed by atoms with Crippen LogP contribution in [0.5, 0.6) is 0 Å². The molecule has 0 unspecified atom stereocenters. The summed E-state index contributed by atoms with van der Waals surface area (Å²) in [6.07, 6.45) is 5.04. The highest BCUT2D eigenvalue weighted by molar-refractivity contribution is 7.99. The van der Waals surface area contributed by atoms with Gasteiger partial charge in [-0.3, -0.25) is 14.3 Å². The number of benzene rings is 1. The van der Waals surface area contributed by atoms with Crippen LogP contribution in [0.15, 0.2) is 59.5 Å². The number of nitrogens with one attached hydrogen (secondary N) is 1. The van der Waals surface area contributed by atoms with Gasteiger partial charge in [-0.25, -0.2) is 4.98 Å². The van der Waals surface area contributed by atoms with Crippen molar-refractivity contribution < 1.29 is 4.79 Å². The zero-order valence-electron chi connectivity index (χ0n) is 15.2. The van der Waals surface area contributed by atoms with Gasteiger partial charge in [-0.05, 0) is 36.8 Å². The van der Waals surface area contributed by atoms with E-state index in [4.69, 9.17) is 11.6 Å². The maximum Gasteiger partial charge on any atom is 0.236 e. The second-order valence-corrected chi connectivity index (χ2v) is 8.23. The van der Waals surface area contributed by atoms with Crippen molar-refractivity contribution in [1.82, 2.24) is 24.7 Å². The minimum atomic E-state index is -0.160. The summed E-state index contributed by atoms with van der Waals surface area (Å²) in [4.78, 5) is 20.4. The van der Waals surface area contributed by atoms with Gasteiger partial charge in [-0.1, -0.05) is 29.4 Å². The quantitative estimate of drug-likeness (QED) is 0.443. The molecular formula is C19H15ClN6OS2. The summed E-state index contributed by atoms with van der Waals surface area (Å²) in [5.74, 6) is 0.662. The maximum atomic E-state index is 12.3. The highest BCUT2D eigenvalue weighted by Crippen LogP contribution is 2.30. The summed E-state index contributed by atoms with van der Waals surface area (Å²) >= 11 is 9.01. The lowest BCUT2D eigenvalue weighted by Crippen LogP contribution is -2.14. The zero-order chi connectivity index (χ0) is 20.2. The first-order chi connectivity index (χ1) is 14.1. The Bertz CT molecular complexity index is 1130. The molecule has 3 heterocycles. The number of aryl methyl sites for hydroxylation is 1. The number of carbonyl (C=O) groups is 1. The molecule has 4 rings (SSSR count). The Morgan fingerprint density at radius 3 is 2.76 bits per heavy atom. The molecule has 1 amide bonds. The van der Waals surface area contributed by atoms with Crippen molar-refractivity contribution in [2.75, 3.05) is 11.1 Å². The molecule has 0 saturated heterocycles. The summed E-state index contributed by atoms with van der Waals surface area (Å²) in [7, 11) is 0. The van der Waals surface area contributed by atoms with Crippen molar-refractivity contribution in [2.45, 2.75) is 12.1 Å². The number of thioether (sulfide) groups is 1. The molecule has 0 fully saturated rings. The van der Waals surface area contributed by atoms with E-state index in [-0.39, 0.29) is 11.7 Å². The third-order valence-electron chi connectivity index (χ3n) is 4.00. The Kier molecular flexibility index (Phi) is 5.89. The number of aromatic nitrogens is 5. The maximum absolute atomic E-state index is 12.3. The lowest BCUT2D eigenvalue weighted by atomic mass is 10.2. The van der Waals surface area contributed by atoms with Gasteiger partial charge < -0.3 is 5.32 Å². The molecule has 0 aliphatic carbocycles. The minimum Gasteiger partial charge on any atom is -0.301 e. The Labute approximate surface area is 180 Å². The van der Waals surface area contributed by atoms with E-state index in [0.717, 1.165) is 16.8 Å². The molecule has 0 atom stereocenters. The fourth-order valence-corrected chi connectivity index (χ4v) is 4.05. The molecule has 0 spiro atoms. The zero-order valence-corrected chi connectivity index (χ0v) is 17.6. The summed E-state index contributed by atoms with van der Waals surface area (Å²) in [5, 5.41) is 15.0. The van der Waals surface area contributed by atoms with Crippen molar-refractivity contribution in [1.29, 1.82) is 0 Å². The summed E-state index contributed by atoms with van der Waals surface area (Å²) < 4.78 is 1.89. The van der Waals surface area contributed by atoms with E-state index in [1.54, 1.807) is 18.6 Å². The van der Waals surface area contributed by atoms with Crippen LogP contribution in [0.3, 0.4) is 0 Å². The molecule has 0 saturated carbocycles. The molecule has 4 aromatic rings. The van der Waals surface area contributed by atoms with Gasteiger partial charge in [0.25, 0.3) is 0 Å². The van der Waals surface area contributed by atoms with Gasteiger partial charge >= 0.3 is 0 Å². The Hall–Kier alpha value is -2.75. The first-order valence-electron chi connectivity index (χ1n) is 8.56. The molecule has 29 heavy (non-hydrogen) atoms. The smallest absolute Gasteiger partial charge is 0.236 e. The molecule has 7 nitrogen and oxygen atoms in total. The molecule has 0 radical (unpaired) electrons. The molecule has 3 aromatic heterocycles. The SMILES string of the molecule is Cc1ccc(-n2c(SCC(=O)Nc3nccs3)nnc2-c2ccncc2)cc1Cl. The number of pyridine rings is 1. The fourth-order valence-electron chi connectivity index (χ4n) is 2.58. The third-order valence-corrected chi connectivity index (χ3v) is 6.02. The van der Waals surface area contributed by atoms with Gasteiger partial charge in [0.05, 0.1) is 11.4 Å². The summed E-state index contributed by atoms with van der Waals surface area (Å²) in [6, 6.07) is 9.48. The standard InChI is InChI=1S/C19H15ClN6OS2/c1-12-2-3-14(10-15(12)20)26-17(13-4-6-21-7-5-13)24-25-19(26)29-11-16(27)23-18-22-8-9-28-18/h2-10H,11H2,1H3,(H,22,23,27). The van der Waals surface area contributed by atoms with Crippen molar-refractivity contribution in [3.05, 3.63) is 64.9 Å². The highest BCUT2D eigenvalue weighted by atomic mass is 35.5. The first-order valence-corrected chi connectivity index (χ1v) is 10.8. The monoisotopic (exact) mass is 442 g/mol. The van der Waals surface area contributed by atoms with Gasteiger partial charge in [0, 0.05) is 34.6 Å². The number of thiazole rings is 1. The van der Waals surface area contributed by atoms with Crippen LogP contribution in [-0.2, 0) is 4.79 Å². The molecule has 146 valence electrons. The average Bonchev–Trinajstić information content (AvgIpc) is 3.39. The molecule has 0 bridgehead atoms. The van der Waals surface area contributed by atoms with E-state index in [9.17, 15) is 4.79 Å². The third kappa shape index (κ3) is 4.47. The number of rotatable bonds is 6. The number of anilines is 1. The second-order valence-electron chi connectivity index (χ2n) is 5.99. The van der Waals surface area contributed by atoms with Gasteiger partial charge in [0.15, 0.2) is 16.1 Å². The predicted octanol–water partition coefficient (Wildman–Crippen LogP) is 4.48. The van der Waals surface area contributed by atoms with Gasteiger partial charge in [-0.2, -0.15) is 0 Å². The van der Waals surface area contributed by atoms with E-state index < -0.39 is 0 Å². The van der Waals surface area contributed by atoms with E-state index in [0.29, 0.717) is 21.1 Å². The van der Waals surface area contributed by atoms with Crippen LogP contribution >= 0.6 is 34.7 Å². The first kappa shape index (κ1) is 19.6. The molecule has 1 aromatic carbocycles. The van der Waals surface area contributed by atoms with Crippen molar-refractivity contribution in [2.24, 2.45) is 0 Å². The lowest BCUT2D eigenvalue weighted by Gasteiger charge is -2.11. The Balaban J connectivity index is 1.65. The summed E-state index contributed by atoms with van der Waals surface area (Å²) in [5.41, 5.74) is 2.66. The van der Waals surface area contributed by atoms with Gasteiger partial charge in [0.1, 0.15) is 0 Å². The Morgan fingerprint density at radius 2 is 2.03 bits per heavy atom. The highest BCUT2D eigenvalue weighted by Gasteiger charge is 2.18. The largest absolute Gasteiger partial charge is 0.301 e. The van der Waals surface area contributed by atoms with Crippen LogP contribution < -0.4 is 5.32 Å². The minimum absolute atomic E-state index is 0.160. The molecule has 0 aliphatic heterocycles. The van der Waals surface area contributed by atoms with Crippen LogP contribution in [0.2, 0.25) is 5.02 Å². The van der Waals surface area contributed by atoms with Crippen LogP contribution in [0, 0.1) is 6.92 Å². The normalized spacial score (nSPS) is 10.8. The van der Waals surface area contributed by atoms with E-state index in [2.05, 4.69) is 25.5 Å². The number of nitrogens with zero attached hydrogens (tertiary/aromatic N) is 5. The van der Waals surface area contributed by atoms with Crippen LogP contribution in [0.1, 0.15) is 5.56 Å². The van der Waals surface area contributed by atoms with E-state index in [1.807, 2.05) is 47.2 Å². The second kappa shape index (κ2) is 8.73. The van der Waals surface area contributed by atoms with Crippen LogP contribution in [0.4, 0.5) is 5.13 Å². The molecule has 0 aliphatic rings. The predicted molar refractivity (Wildman–Crippen MR) is 116 cm³/mol. The van der Waals surface area contributed by atoms with Crippen molar-refractivity contribution >= 4 is 45.7 Å². The number of hydrogen-bond donors (Lipinski definition) is 1. The van der Waals surface area contributed by atoms with Crippen molar-refractivity contribution in [3.63, 3.8) is 0 Å². The average molecular weight is 443 g/mol. The number of amides is 1. The van der Waals surface area contributed by atoms with Gasteiger partial charge in [-0.15, -0.1) is 21.5 Å². The number of carbonyl (C=O) groups excluding carboxylic acids is 1. The topological polar surface area (TPSA) is 85.6 Å². The van der Waals surface area contributed by atoms with Crippen molar-refractivity contribution in [3.8, 4) is 17.1 Å². The molecular weight excluding hydrogens is 428 g/mol. The fraction of sp³-hybridized carbons (Fsp3) is 0.105. The van der Waals surface area contributed by atoms with E-state index in [1.165, 1.54) is 23.1 Å².